The third-order valence-electron chi connectivity index (χ3n) is 2.49. The van der Waals surface area contributed by atoms with Crippen LogP contribution in [0.5, 0.6) is 0 Å². The smallest absolute Gasteiger partial charge is 0.159 e. The van der Waals surface area contributed by atoms with Crippen LogP contribution in [-0.2, 0) is 11.2 Å². The first-order valence-corrected chi connectivity index (χ1v) is 7.04. The van der Waals surface area contributed by atoms with E-state index in [1.807, 2.05) is 6.92 Å². The zero-order valence-electron chi connectivity index (χ0n) is 10.9. The molecule has 0 bridgehead atoms. The molecule has 1 unspecified atom stereocenters. The van der Waals surface area contributed by atoms with Gasteiger partial charge in [-0.1, -0.05) is 13.3 Å². The standard InChI is InChI=1S/C12H20IN3O/c1-5-7-9-10(13)12(14-6-2)16-11(15-9)8(3)17-4/h8H,5-7H2,1-4H3,(H,14,15,16). The van der Waals surface area contributed by atoms with E-state index < -0.39 is 0 Å². The molecule has 0 aliphatic carbocycles. The highest BCUT2D eigenvalue weighted by Gasteiger charge is 2.15. The Morgan fingerprint density at radius 1 is 1.35 bits per heavy atom. The summed E-state index contributed by atoms with van der Waals surface area (Å²) in [5.74, 6) is 1.68. The number of nitrogens with one attached hydrogen (secondary N) is 1. The van der Waals surface area contributed by atoms with Crippen LogP contribution < -0.4 is 5.32 Å². The van der Waals surface area contributed by atoms with E-state index >= 15 is 0 Å². The Morgan fingerprint density at radius 2 is 2.06 bits per heavy atom. The second-order valence-corrected chi connectivity index (χ2v) is 4.93. The average Bonchev–Trinajstić information content (AvgIpc) is 2.33. The average molecular weight is 349 g/mol. The summed E-state index contributed by atoms with van der Waals surface area (Å²) < 4.78 is 6.41. The molecule has 4 nitrogen and oxygen atoms in total. The first kappa shape index (κ1) is 14.6. The Balaban J connectivity index is 3.15. The molecule has 1 N–H and O–H groups in total. The van der Waals surface area contributed by atoms with Gasteiger partial charge in [0, 0.05) is 13.7 Å². The Labute approximate surface area is 117 Å². The molecule has 5 heteroatoms. The van der Waals surface area contributed by atoms with E-state index in [0.29, 0.717) is 0 Å². The number of anilines is 1. The first-order chi connectivity index (χ1) is 8.13. The number of aryl methyl sites for hydroxylation is 1. The van der Waals surface area contributed by atoms with Crippen LogP contribution in [0.25, 0.3) is 0 Å². The van der Waals surface area contributed by atoms with Crippen LogP contribution in [0.3, 0.4) is 0 Å². The molecule has 0 fully saturated rings. The van der Waals surface area contributed by atoms with Crippen molar-refractivity contribution in [2.75, 3.05) is 19.0 Å². The quantitative estimate of drug-likeness (QED) is 0.802. The number of hydrogen-bond acceptors (Lipinski definition) is 4. The van der Waals surface area contributed by atoms with E-state index in [1.54, 1.807) is 7.11 Å². The fraction of sp³-hybridized carbons (Fsp3) is 0.667. The van der Waals surface area contributed by atoms with Crippen molar-refractivity contribution in [2.24, 2.45) is 0 Å². The number of rotatable bonds is 6. The maximum absolute atomic E-state index is 5.29. The summed E-state index contributed by atoms with van der Waals surface area (Å²) in [6.07, 6.45) is 1.99. The molecule has 0 aromatic carbocycles. The SMILES string of the molecule is CCCc1nc(C(C)OC)nc(NCC)c1I. The molecule has 0 aliphatic heterocycles. The van der Waals surface area contributed by atoms with Crippen molar-refractivity contribution >= 4 is 28.4 Å². The minimum atomic E-state index is -0.0694. The first-order valence-electron chi connectivity index (χ1n) is 5.96. The molecule has 1 atom stereocenters. The van der Waals surface area contributed by atoms with Gasteiger partial charge in [-0.25, -0.2) is 9.97 Å². The predicted molar refractivity (Wildman–Crippen MR) is 78.3 cm³/mol. The van der Waals surface area contributed by atoms with E-state index in [0.717, 1.165) is 40.3 Å². The summed E-state index contributed by atoms with van der Waals surface area (Å²) in [5, 5.41) is 3.28. The molecule has 0 spiro atoms. The number of nitrogens with zero attached hydrogens (tertiary/aromatic N) is 2. The Bertz CT molecular complexity index is 344. The maximum Gasteiger partial charge on any atom is 0.159 e. The Kier molecular flexibility index (Phi) is 6.11. The van der Waals surface area contributed by atoms with Crippen molar-refractivity contribution in [3.8, 4) is 0 Å². The molecule has 17 heavy (non-hydrogen) atoms. The van der Waals surface area contributed by atoms with E-state index in [9.17, 15) is 0 Å². The highest BCUT2D eigenvalue weighted by molar-refractivity contribution is 14.1. The second kappa shape index (κ2) is 7.10. The molecular weight excluding hydrogens is 329 g/mol. The van der Waals surface area contributed by atoms with Crippen molar-refractivity contribution in [2.45, 2.75) is 39.7 Å². The molecule has 0 saturated carbocycles. The lowest BCUT2D eigenvalue weighted by atomic mass is 10.2. The van der Waals surface area contributed by atoms with Gasteiger partial charge >= 0.3 is 0 Å². The fourth-order valence-corrected chi connectivity index (χ4v) is 2.19. The predicted octanol–water partition coefficient (Wildman–Crippen LogP) is 3.17. The molecule has 1 aromatic rings. The number of aromatic nitrogens is 2. The summed E-state index contributed by atoms with van der Waals surface area (Å²) in [6.45, 7) is 7.05. The van der Waals surface area contributed by atoms with E-state index in [-0.39, 0.29) is 6.10 Å². The summed E-state index contributed by atoms with van der Waals surface area (Å²) in [4.78, 5) is 9.11. The molecule has 0 radical (unpaired) electrons. The van der Waals surface area contributed by atoms with Gasteiger partial charge in [-0.05, 0) is 42.9 Å². The lowest BCUT2D eigenvalue weighted by Crippen LogP contribution is -2.12. The second-order valence-electron chi connectivity index (χ2n) is 3.85. The number of methoxy groups -OCH3 is 1. The van der Waals surface area contributed by atoms with Gasteiger partial charge < -0.3 is 10.1 Å². The van der Waals surface area contributed by atoms with Crippen molar-refractivity contribution in [3.05, 3.63) is 15.1 Å². The lowest BCUT2D eigenvalue weighted by Gasteiger charge is -2.14. The molecule has 1 rings (SSSR count). The molecule has 0 aliphatic rings. The highest BCUT2D eigenvalue weighted by Crippen LogP contribution is 2.23. The number of ether oxygens (including phenoxy) is 1. The lowest BCUT2D eigenvalue weighted by molar-refractivity contribution is 0.112. The van der Waals surface area contributed by atoms with Gasteiger partial charge in [-0.2, -0.15) is 0 Å². The van der Waals surface area contributed by atoms with E-state index in [4.69, 9.17) is 4.74 Å². The van der Waals surface area contributed by atoms with Crippen molar-refractivity contribution in [3.63, 3.8) is 0 Å². The normalized spacial score (nSPS) is 12.5. The maximum atomic E-state index is 5.29. The summed E-state index contributed by atoms with van der Waals surface area (Å²) in [6, 6.07) is 0. The monoisotopic (exact) mass is 349 g/mol. The fourth-order valence-electron chi connectivity index (χ4n) is 1.49. The van der Waals surface area contributed by atoms with Gasteiger partial charge in [-0.3, -0.25) is 0 Å². The molecule has 0 saturated heterocycles. The molecule has 96 valence electrons. The minimum Gasteiger partial charge on any atom is -0.374 e. The number of halogens is 1. The molecule has 1 heterocycles. The zero-order valence-corrected chi connectivity index (χ0v) is 13.0. The minimum absolute atomic E-state index is 0.0694. The molecule has 1 aromatic heterocycles. The van der Waals surface area contributed by atoms with Crippen LogP contribution in [0.2, 0.25) is 0 Å². The van der Waals surface area contributed by atoms with Gasteiger partial charge in [0.2, 0.25) is 0 Å². The summed E-state index contributed by atoms with van der Waals surface area (Å²) >= 11 is 2.31. The van der Waals surface area contributed by atoms with Crippen molar-refractivity contribution in [1.82, 2.24) is 9.97 Å². The van der Waals surface area contributed by atoms with E-state index in [2.05, 4.69) is 51.7 Å². The third-order valence-corrected chi connectivity index (χ3v) is 3.62. The summed E-state index contributed by atoms with van der Waals surface area (Å²) in [5.41, 5.74) is 1.11. The van der Waals surface area contributed by atoms with Gasteiger partial charge in [-0.15, -0.1) is 0 Å². The Morgan fingerprint density at radius 3 is 2.59 bits per heavy atom. The van der Waals surface area contributed by atoms with Crippen LogP contribution in [-0.4, -0.2) is 23.6 Å². The molecule has 0 amide bonds. The van der Waals surface area contributed by atoms with Crippen LogP contribution >= 0.6 is 22.6 Å². The van der Waals surface area contributed by atoms with Gasteiger partial charge in [0.1, 0.15) is 11.9 Å². The van der Waals surface area contributed by atoms with Gasteiger partial charge in [0.15, 0.2) is 5.82 Å². The Hall–Kier alpha value is -0.430. The van der Waals surface area contributed by atoms with Crippen LogP contribution in [0.15, 0.2) is 0 Å². The summed E-state index contributed by atoms with van der Waals surface area (Å²) in [7, 11) is 1.68. The van der Waals surface area contributed by atoms with Gasteiger partial charge in [0.25, 0.3) is 0 Å². The van der Waals surface area contributed by atoms with Crippen LogP contribution in [0.1, 0.15) is 44.8 Å². The van der Waals surface area contributed by atoms with Crippen LogP contribution in [0.4, 0.5) is 5.82 Å². The highest BCUT2D eigenvalue weighted by atomic mass is 127. The van der Waals surface area contributed by atoms with E-state index in [1.165, 1.54) is 0 Å². The zero-order chi connectivity index (χ0) is 12.8. The number of hydrogen-bond donors (Lipinski definition) is 1. The van der Waals surface area contributed by atoms with Gasteiger partial charge in [0.05, 0.1) is 9.26 Å². The third kappa shape index (κ3) is 3.77. The molecular formula is C12H20IN3O. The topological polar surface area (TPSA) is 47.0 Å². The van der Waals surface area contributed by atoms with Crippen molar-refractivity contribution in [1.29, 1.82) is 0 Å². The van der Waals surface area contributed by atoms with Crippen molar-refractivity contribution < 1.29 is 4.74 Å². The largest absolute Gasteiger partial charge is 0.374 e. The van der Waals surface area contributed by atoms with Crippen LogP contribution in [0, 0.1) is 3.57 Å².